The van der Waals surface area contributed by atoms with Crippen molar-refractivity contribution in [1.82, 2.24) is 10.2 Å². The van der Waals surface area contributed by atoms with E-state index in [4.69, 9.17) is 38.9 Å². The molecule has 15 atom stereocenters. The minimum atomic E-state index is -2.47. The first-order valence-electron chi connectivity index (χ1n) is 25.9. The zero-order valence-corrected chi connectivity index (χ0v) is 44.4. The molecule has 0 aromatic heterocycles. The Hall–Kier alpha value is -4.14. The molecule has 2 amide bonds. The summed E-state index contributed by atoms with van der Waals surface area (Å²) in [7, 11) is 5.98. The lowest BCUT2D eigenvalue weighted by molar-refractivity contribution is -0.265. The number of alkyl carbamates (subject to hydrolysis) is 1. The van der Waals surface area contributed by atoms with E-state index in [2.05, 4.69) is 5.32 Å². The van der Waals surface area contributed by atoms with E-state index in [-0.39, 0.29) is 55.8 Å². The van der Waals surface area contributed by atoms with E-state index in [0.717, 1.165) is 10.5 Å². The van der Waals surface area contributed by atoms with Crippen LogP contribution in [0.5, 0.6) is 0 Å². The third-order valence-corrected chi connectivity index (χ3v) is 15.0. The van der Waals surface area contributed by atoms with Crippen LogP contribution in [0.2, 0.25) is 0 Å². The molecule has 3 heterocycles. The van der Waals surface area contributed by atoms with E-state index in [9.17, 15) is 39.0 Å². The number of ether oxygens (including phenoxy) is 7. The topological polar surface area (TPSA) is 249 Å². The van der Waals surface area contributed by atoms with E-state index in [0.29, 0.717) is 70.0 Å². The van der Waals surface area contributed by atoms with Crippen LogP contribution in [0.3, 0.4) is 0 Å². The van der Waals surface area contributed by atoms with Crippen LogP contribution in [0, 0.1) is 29.6 Å². The molecule has 0 unspecified atom stereocenters. The summed E-state index contributed by atoms with van der Waals surface area (Å²) >= 11 is 0. The number of nitrogens with zero attached hydrogens (tertiary/aromatic N) is 1. The summed E-state index contributed by atoms with van der Waals surface area (Å²) in [4.78, 5) is 84.7. The molecule has 2 saturated heterocycles. The number of esters is 1. The Morgan fingerprint density at radius 2 is 1.62 bits per heavy atom. The third-order valence-electron chi connectivity index (χ3n) is 15.0. The number of cyclic esters (lactones) is 1. The number of carbonyl (C=O) groups is 6. The SMILES string of the molecule is COCCNC(=O)O[C@@H]1CC[C@@H](C[C@@H](N)[C@@H]2CC(=O)[C@H](C)/C=C(\C)[C@@H](O)[C@@H](OC)C(=O)[C@H](C)C[C@H](C)/C=C/C=C/C=C(\C)[C@@H](OC)C[C@@H]3CC[C@@H](C)[C@@](O)(O3)C(=O)C(=O)N3CCCC[C@H]3C(=O)O2)C[C@H]1OC. The Morgan fingerprint density at radius 1 is 0.889 bits per heavy atom. The van der Waals surface area contributed by atoms with E-state index >= 15 is 0 Å². The van der Waals surface area contributed by atoms with Crippen molar-refractivity contribution < 1.29 is 72.1 Å². The maximum atomic E-state index is 14.5. The molecule has 0 radical (unpaired) electrons. The molecule has 0 spiro atoms. The molecule has 1 aliphatic carbocycles. The minimum absolute atomic E-state index is 0.00578. The van der Waals surface area contributed by atoms with Crippen molar-refractivity contribution in [2.24, 2.45) is 35.3 Å². The highest BCUT2D eigenvalue weighted by molar-refractivity contribution is 6.39. The molecule has 3 aliphatic heterocycles. The second-order valence-corrected chi connectivity index (χ2v) is 20.6. The van der Waals surface area contributed by atoms with Gasteiger partial charge in [0.1, 0.15) is 36.2 Å². The number of aliphatic hydroxyl groups excluding tert-OH is 1. The highest BCUT2D eigenvalue weighted by Crippen LogP contribution is 2.37. The molecular formula is C54H85N3O15. The second kappa shape index (κ2) is 29.1. The Kier molecular flexibility index (Phi) is 24.4. The molecule has 5 N–H and O–H groups in total. The van der Waals surface area contributed by atoms with Crippen LogP contribution >= 0.6 is 0 Å². The quantitative estimate of drug-likeness (QED) is 0.0944. The highest BCUT2D eigenvalue weighted by Gasteiger charge is 2.53. The zero-order chi connectivity index (χ0) is 53.3. The number of Topliss-reactive ketones (excluding diaryl/α,β-unsaturated/α-hetero) is 3. The van der Waals surface area contributed by atoms with Gasteiger partial charge in [0.2, 0.25) is 5.79 Å². The van der Waals surface area contributed by atoms with Gasteiger partial charge in [0, 0.05) is 78.2 Å². The van der Waals surface area contributed by atoms with Gasteiger partial charge in [-0.05, 0) is 101 Å². The van der Waals surface area contributed by atoms with Crippen molar-refractivity contribution in [3.05, 3.63) is 47.6 Å². The number of hydrogen-bond acceptors (Lipinski definition) is 16. The van der Waals surface area contributed by atoms with Crippen LogP contribution in [0.1, 0.15) is 119 Å². The molecule has 72 heavy (non-hydrogen) atoms. The summed E-state index contributed by atoms with van der Waals surface area (Å²) in [5.74, 6) is -8.39. The summed E-state index contributed by atoms with van der Waals surface area (Å²) in [6, 6.07) is -2.13. The molecule has 406 valence electrons. The van der Waals surface area contributed by atoms with E-state index in [1.807, 2.05) is 44.2 Å². The van der Waals surface area contributed by atoms with Crippen molar-refractivity contribution in [3.63, 3.8) is 0 Å². The predicted molar refractivity (Wildman–Crippen MR) is 268 cm³/mol. The number of rotatable bonds is 10. The average Bonchev–Trinajstić information content (AvgIpc) is 3.35. The first kappa shape index (κ1) is 60.4. The minimum Gasteiger partial charge on any atom is -0.459 e. The van der Waals surface area contributed by atoms with Gasteiger partial charge >= 0.3 is 12.1 Å². The fourth-order valence-corrected chi connectivity index (χ4v) is 10.4. The zero-order valence-electron chi connectivity index (χ0n) is 44.4. The lowest BCUT2D eigenvalue weighted by Gasteiger charge is -2.42. The van der Waals surface area contributed by atoms with Crippen molar-refractivity contribution in [2.45, 2.75) is 179 Å². The molecule has 0 aromatic rings. The lowest BCUT2D eigenvalue weighted by atomic mass is 9.80. The molecule has 4 aliphatic rings. The van der Waals surface area contributed by atoms with Crippen LogP contribution in [-0.4, -0.2) is 159 Å². The van der Waals surface area contributed by atoms with Crippen molar-refractivity contribution >= 4 is 35.3 Å². The van der Waals surface area contributed by atoms with Gasteiger partial charge in [0.25, 0.3) is 11.7 Å². The van der Waals surface area contributed by atoms with Crippen LogP contribution in [-0.2, 0) is 57.1 Å². The van der Waals surface area contributed by atoms with Crippen LogP contribution < -0.4 is 11.1 Å². The summed E-state index contributed by atoms with van der Waals surface area (Å²) < 4.78 is 40.2. The Bertz CT molecular complexity index is 1950. The molecular weight excluding hydrogens is 931 g/mol. The van der Waals surface area contributed by atoms with E-state index in [1.54, 1.807) is 40.9 Å². The Balaban J connectivity index is 1.68. The maximum absolute atomic E-state index is 14.5. The number of methoxy groups -OCH3 is 4. The molecule has 0 aromatic carbocycles. The van der Waals surface area contributed by atoms with Gasteiger partial charge in [-0.25, -0.2) is 9.59 Å². The lowest BCUT2D eigenvalue weighted by Crippen LogP contribution is -2.61. The van der Waals surface area contributed by atoms with E-state index < -0.39 is 102 Å². The number of aliphatic hydroxyl groups is 2. The number of nitrogens with one attached hydrogen (secondary N) is 1. The van der Waals surface area contributed by atoms with Crippen LogP contribution in [0.25, 0.3) is 0 Å². The Labute approximate surface area is 426 Å². The molecule has 18 heteroatoms. The number of nitrogens with two attached hydrogens (primary N) is 1. The van der Waals surface area contributed by atoms with Gasteiger partial charge in [-0.2, -0.15) is 0 Å². The summed E-state index contributed by atoms with van der Waals surface area (Å²) in [6.45, 7) is 11.2. The van der Waals surface area contributed by atoms with Crippen molar-refractivity contribution in [3.8, 4) is 0 Å². The average molecular weight is 1020 g/mol. The number of carbonyl (C=O) groups excluding carboxylic acids is 6. The third kappa shape index (κ3) is 16.7. The monoisotopic (exact) mass is 1020 g/mol. The highest BCUT2D eigenvalue weighted by atomic mass is 16.6. The fraction of sp³-hybridized carbons (Fsp3) is 0.741. The standard InChI is InChI=1S/C54H85N3O15/c1-32-16-12-11-13-17-33(2)44(67-8)30-39-21-19-37(6)54(65,72-39)50(61)51(62)57-24-15-14-18-41(57)52(63)70-45(31-42(58)34(3)27-36(5)48(60)49(69-10)47(59)35(4)26-32)40(55)28-38-20-22-43(46(29-38)68-9)71-53(64)56-23-25-66-7/h11-13,16-17,27,32,34-35,37-41,43-46,48-49,60,65H,14-15,18-26,28-31,55H2,1-10H3,(H,56,64)/b13-11+,16-12+,33-17+,36-27+/t32-,34-,35-,37-,38+,39+,40-,41+,43-,44+,45+,46-,48-,49+,54-/m1/s1. The van der Waals surface area contributed by atoms with Crippen molar-refractivity contribution in [2.75, 3.05) is 48.1 Å². The summed E-state index contributed by atoms with van der Waals surface area (Å²) in [5.41, 5.74) is 8.14. The van der Waals surface area contributed by atoms with Gasteiger partial charge < -0.3 is 59.3 Å². The van der Waals surface area contributed by atoms with Gasteiger partial charge in [-0.3, -0.25) is 19.2 Å². The van der Waals surface area contributed by atoms with Crippen LogP contribution in [0.4, 0.5) is 4.79 Å². The first-order chi connectivity index (χ1) is 34.2. The summed E-state index contributed by atoms with van der Waals surface area (Å²) in [5, 5.41) is 26.1. The molecule has 1 saturated carbocycles. The van der Waals surface area contributed by atoms with Gasteiger partial charge in [0.15, 0.2) is 5.78 Å². The maximum Gasteiger partial charge on any atom is 0.407 e. The Morgan fingerprint density at radius 3 is 2.31 bits per heavy atom. The van der Waals surface area contributed by atoms with Crippen molar-refractivity contribution in [1.29, 1.82) is 0 Å². The number of hydrogen-bond donors (Lipinski definition) is 4. The molecule has 2 bridgehead atoms. The number of ketones is 3. The fourth-order valence-electron chi connectivity index (χ4n) is 10.4. The largest absolute Gasteiger partial charge is 0.459 e. The summed E-state index contributed by atoms with van der Waals surface area (Å²) in [6.07, 6.45) is 8.91. The second-order valence-electron chi connectivity index (χ2n) is 20.6. The van der Waals surface area contributed by atoms with Gasteiger partial charge in [-0.1, -0.05) is 64.2 Å². The predicted octanol–water partition coefficient (Wildman–Crippen LogP) is 5.25. The van der Waals surface area contributed by atoms with Gasteiger partial charge in [0.05, 0.1) is 24.9 Å². The number of amides is 2. The van der Waals surface area contributed by atoms with Gasteiger partial charge in [-0.15, -0.1) is 0 Å². The number of fused-ring (bicyclic) bond motifs is 3. The molecule has 18 nitrogen and oxygen atoms in total. The molecule has 4 rings (SSSR count). The first-order valence-corrected chi connectivity index (χ1v) is 25.9. The van der Waals surface area contributed by atoms with E-state index in [1.165, 1.54) is 21.3 Å². The number of allylic oxidation sites excluding steroid dienone is 6. The smallest absolute Gasteiger partial charge is 0.407 e. The normalized spacial score (nSPS) is 37.5. The number of piperidine rings is 1. The molecule has 3 fully saturated rings. The van der Waals surface area contributed by atoms with Crippen LogP contribution in [0.15, 0.2) is 47.6 Å².